The minimum Gasteiger partial charge on any atom is -0.486 e. The molecule has 0 fully saturated rings. The Labute approximate surface area is 89.9 Å². The number of hydrogen-bond acceptors (Lipinski definition) is 2. The van der Waals surface area contributed by atoms with Gasteiger partial charge in [-0.2, -0.15) is 0 Å². The molecule has 3 nitrogen and oxygen atoms in total. The Morgan fingerprint density at radius 2 is 2.00 bits per heavy atom. The Balaban J connectivity index is 0.000000791. The summed E-state index contributed by atoms with van der Waals surface area (Å²) < 4.78 is 0. The maximum atomic E-state index is 8.81. The molecule has 0 atom stereocenters. The molecular weight excluding hydrogens is 196 g/mol. The van der Waals surface area contributed by atoms with Crippen LogP contribution in [0.25, 0.3) is 0 Å². The van der Waals surface area contributed by atoms with Crippen LogP contribution in [0.4, 0.5) is 5.69 Å². The zero-order valence-corrected chi connectivity index (χ0v) is 9.27. The Morgan fingerprint density at radius 1 is 1.43 bits per heavy atom. The van der Waals surface area contributed by atoms with Crippen molar-refractivity contribution >= 4 is 23.1 Å². The van der Waals surface area contributed by atoms with Crippen LogP contribution in [0.15, 0.2) is 24.3 Å². The van der Waals surface area contributed by atoms with Crippen molar-refractivity contribution in [2.75, 3.05) is 5.32 Å². The van der Waals surface area contributed by atoms with Crippen molar-refractivity contribution in [3.63, 3.8) is 0 Å². The van der Waals surface area contributed by atoms with E-state index in [0.717, 1.165) is 11.3 Å². The molecular formula is C10H16N2OS. The van der Waals surface area contributed by atoms with Crippen LogP contribution in [0.1, 0.15) is 19.4 Å². The molecule has 0 heterocycles. The molecule has 0 amide bonds. The number of para-hydroxylation sites is 1. The van der Waals surface area contributed by atoms with E-state index in [9.17, 15) is 0 Å². The lowest BCUT2D eigenvalue weighted by molar-refractivity contribution is 0.567. The molecule has 4 heteroatoms. The van der Waals surface area contributed by atoms with E-state index in [1.54, 1.807) is 0 Å². The summed E-state index contributed by atoms with van der Waals surface area (Å²) in [6.07, 6.45) is 0. The number of anilines is 1. The lowest BCUT2D eigenvalue weighted by atomic mass is 10.2. The monoisotopic (exact) mass is 212 g/mol. The number of hydrogen-bond donors (Lipinski definition) is 3. The smallest absolute Gasteiger partial charge is 0.258 e. The minimum atomic E-state index is -0.240. The van der Waals surface area contributed by atoms with Gasteiger partial charge in [0.1, 0.15) is 0 Å². The van der Waals surface area contributed by atoms with Crippen molar-refractivity contribution in [3.05, 3.63) is 29.8 Å². The van der Waals surface area contributed by atoms with Crippen molar-refractivity contribution < 1.29 is 5.11 Å². The molecule has 0 unspecified atom stereocenters. The minimum absolute atomic E-state index is 0.240. The third kappa shape index (κ3) is 4.20. The maximum absolute atomic E-state index is 8.81. The quantitative estimate of drug-likeness (QED) is 0.659. The second-order valence-electron chi connectivity index (χ2n) is 2.29. The predicted molar refractivity (Wildman–Crippen MR) is 64.5 cm³/mol. The summed E-state index contributed by atoms with van der Waals surface area (Å²) in [4.78, 5) is 0. The second-order valence-corrected chi connectivity index (χ2v) is 2.68. The number of benzene rings is 1. The molecule has 1 aromatic rings. The number of rotatable bonds is 2. The van der Waals surface area contributed by atoms with Crippen LogP contribution in [0.5, 0.6) is 0 Å². The third-order valence-corrected chi connectivity index (χ3v) is 1.58. The van der Waals surface area contributed by atoms with Gasteiger partial charge in [0.2, 0.25) is 0 Å². The number of thiocarbonyl (C=S) groups is 1. The second kappa shape index (κ2) is 7.29. The molecule has 0 saturated heterocycles. The van der Waals surface area contributed by atoms with Crippen molar-refractivity contribution in [2.45, 2.75) is 20.4 Å². The molecule has 0 aromatic heterocycles. The first-order valence-corrected chi connectivity index (χ1v) is 4.93. The van der Waals surface area contributed by atoms with Gasteiger partial charge in [-0.05, 0) is 23.8 Å². The van der Waals surface area contributed by atoms with Crippen molar-refractivity contribution in [3.8, 4) is 0 Å². The summed E-state index contributed by atoms with van der Waals surface area (Å²) in [7, 11) is 0. The fraction of sp³-hybridized carbons (Fsp3) is 0.300. The molecule has 4 N–H and O–H groups in total. The van der Waals surface area contributed by atoms with Crippen LogP contribution in [0, 0.1) is 0 Å². The average Bonchev–Trinajstić information content (AvgIpc) is 2.21. The molecule has 0 bridgehead atoms. The molecule has 0 saturated carbocycles. The number of nitrogens with two attached hydrogens (primary N) is 1. The number of nitrogens with one attached hydrogen (secondary N) is 1. The van der Waals surface area contributed by atoms with Crippen LogP contribution in [0.2, 0.25) is 0 Å². The fourth-order valence-electron chi connectivity index (χ4n) is 0.935. The van der Waals surface area contributed by atoms with Crippen molar-refractivity contribution in [1.82, 2.24) is 0 Å². The van der Waals surface area contributed by atoms with Gasteiger partial charge < -0.3 is 16.2 Å². The van der Waals surface area contributed by atoms with Crippen molar-refractivity contribution in [2.24, 2.45) is 5.73 Å². The predicted octanol–water partition coefficient (Wildman–Crippen LogP) is 2.43. The van der Waals surface area contributed by atoms with Crippen LogP contribution in [-0.2, 0) is 6.54 Å². The summed E-state index contributed by atoms with van der Waals surface area (Å²) in [5.74, 6) is 0. The molecule has 78 valence electrons. The van der Waals surface area contributed by atoms with Gasteiger partial charge in [-0.3, -0.25) is 0 Å². The first-order valence-electron chi connectivity index (χ1n) is 4.52. The van der Waals surface area contributed by atoms with Crippen LogP contribution >= 0.6 is 12.2 Å². The van der Waals surface area contributed by atoms with Gasteiger partial charge in [0.05, 0.1) is 0 Å². The van der Waals surface area contributed by atoms with E-state index in [-0.39, 0.29) is 5.17 Å². The van der Waals surface area contributed by atoms with E-state index < -0.39 is 0 Å². The number of aliphatic hydroxyl groups excluding tert-OH is 1. The zero-order valence-electron chi connectivity index (χ0n) is 8.45. The first kappa shape index (κ1) is 12.9. The van der Waals surface area contributed by atoms with Gasteiger partial charge in [-0.1, -0.05) is 32.0 Å². The van der Waals surface area contributed by atoms with Gasteiger partial charge in [-0.15, -0.1) is 0 Å². The Morgan fingerprint density at radius 3 is 2.50 bits per heavy atom. The van der Waals surface area contributed by atoms with E-state index in [2.05, 4.69) is 17.5 Å². The van der Waals surface area contributed by atoms with E-state index >= 15 is 0 Å². The van der Waals surface area contributed by atoms with Gasteiger partial charge in [0.25, 0.3) is 5.17 Å². The van der Waals surface area contributed by atoms with E-state index in [4.69, 9.17) is 10.8 Å². The normalized spacial score (nSPS) is 8.50. The molecule has 0 aliphatic carbocycles. The topological polar surface area (TPSA) is 58.3 Å². The van der Waals surface area contributed by atoms with E-state index in [1.807, 2.05) is 38.1 Å². The molecule has 1 aromatic carbocycles. The highest BCUT2D eigenvalue weighted by molar-refractivity contribution is 7.80. The fourth-order valence-corrected chi connectivity index (χ4v) is 1.05. The van der Waals surface area contributed by atoms with Gasteiger partial charge in [0.15, 0.2) is 0 Å². The summed E-state index contributed by atoms with van der Waals surface area (Å²) >= 11 is 4.49. The van der Waals surface area contributed by atoms with Crippen LogP contribution < -0.4 is 11.1 Å². The first-order chi connectivity index (χ1) is 6.74. The number of aliphatic hydroxyl groups is 1. The highest BCUT2D eigenvalue weighted by Gasteiger charge is 1.99. The van der Waals surface area contributed by atoms with Crippen LogP contribution in [-0.4, -0.2) is 10.3 Å². The average molecular weight is 212 g/mol. The van der Waals surface area contributed by atoms with Gasteiger partial charge in [0, 0.05) is 12.2 Å². The molecule has 0 aliphatic heterocycles. The Kier molecular flexibility index (Phi) is 6.70. The van der Waals surface area contributed by atoms with Crippen molar-refractivity contribution in [1.29, 1.82) is 0 Å². The summed E-state index contributed by atoms with van der Waals surface area (Å²) in [5.41, 5.74) is 7.14. The SMILES string of the molecule is CC.NCc1ccccc1NC(O)=S. The van der Waals surface area contributed by atoms with Gasteiger partial charge >= 0.3 is 0 Å². The Hall–Kier alpha value is -1.13. The summed E-state index contributed by atoms with van der Waals surface area (Å²) in [6.45, 7) is 4.42. The highest BCUT2D eigenvalue weighted by Crippen LogP contribution is 2.13. The molecule has 0 radical (unpaired) electrons. The molecule has 0 spiro atoms. The molecule has 1 rings (SSSR count). The lowest BCUT2D eigenvalue weighted by Crippen LogP contribution is -2.10. The zero-order chi connectivity index (χ0) is 11.0. The Bertz CT molecular complexity index is 289. The lowest BCUT2D eigenvalue weighted by Gasteiger charge is -2.06. The third-order valence-electron chi connectivity index (χ3n) is 1.48. The highest BCUT2D eigenvalue weighted by atomic mass is 32.1. The summed E-state index contributed by atoms with van der Waals surface area (Å²) in [5, 5.41) is 11.2. The van der Waals surface area contributed by atoms with E-state index in [1.165, 1.54) is 0 Å². The standard InChI is InChI=1S/C8H10N2OS.C2H6/c9-5-6-3-1-2-4-7(6)10-8(11)12;1-2/h1-4H,5,9H2,(H2,10,11,12);1-2H3. The van der Waals surface area contributed by atoms with E-state index in [0.29, 0.717) is 6.54 Å². The van der Waals surface area contributed by atoms with Gasteiger partial charge in [-0.25, -0.2) is 0 Å². The summed E-state index contributed by atoms with van der Waals surface area (Å²) in [6, 6.07) is 7.42. The van der Waals surface area contributed by atoms with Crippen LogP contribution in [0.3, 0.4) is 0 Å². The molecule has 0 aliphatic rings. The maximum Gasteiger partial charge on any atom is 0.258 e. The largest absolute Gasteiger partial charge is 0.486 e. The molecule has 14 heavy (non-hydrogen) atoms.